The zero-order chi connectivity index (χ0) is 19.4. The van der Waals surface area contributed by atoms with Gasteiger partial charge in [0.25, 0.3) is 0 Å². The monoisotopic (exact) mass is 371 g/mol. The van der Waals surface area contributed by atoms with Crippen LogP contribution in [0.1, 0.15) is 24.0 Å². The van der Waals surface area contributed by atoms with Crippen LogP contribution in [0.5, 0.6) is 0 Å². The fourth-order valence-electron chi connectivity index (χ4n) is 3.25. The van der Waals surface area contributed by atoms with E-state index in [9.17, 15) is 9.59 Å². The van der Waals surface area contributed by atoms with Gasteiger partial charge in [0.1, 0.15) is 11.9 Å². The molecular formula is C18H25N7O2. The number of H-pyrrole nitrogens is 1. The summed E-state index contributed by atoms with van der Waals surface area (Å²) in [5.74, 6) is 0.571. The SMILES string of the molecule is CC(=O)N[C@@H](Cc1cnc[nH]1)C(=O)N1CCN(c2nc(C)cnc2C)CC1. The van der Waals surface area contributed by atoms with Crippen molar-refractivity contribution in [3.63, 3.8) is 0 Å². The number of amides is 2. The largest absolute Gasteiger partial charge is 0.352 e. The van der Waals surface area contributed by atoms with Gasteiger partial charge in [0.05, 0.1) is 17.7 Å². The van der Waals surface area contributed by atoms with Crippen molar-refractivity contribution in [2.75, 3.05) is 31.1 Å². The summed E-state index contributed by atoms with van der Waals surface area (Å²) in [7, 11) is 0. The maximum absolute atomic E-state index is 13.0. The lowest BCUT2D eigenvalue weighted by Crippen LogP contribution is -2.55. The van der Waals surface area contributed by atoms with Crippen LogP contribution >= 0.6 is 0 Å². The summed E-state index contributed by atoms with van der Waals surface area (Å²) in [6.07, 6.45) is 5.38. The van der Waals surface area contributed by atoms with E-state index in [4.69, 9.17) is 0 Å². The number of carbonyl (C=O) groups is 2. The van der Waals surface area contributed by atoms with Crippen LogP contribution < -0.4 is 10.2 Å². The minimum atomic E-state index is -0.602. The molecule has 9 heteroatoms. The lowest BCUT2D eigenvalue weighted by molar-refractivity contribution is -0.136. The van der Waals surface area contributed by atoms with Crippen molar-refractivity contribution < 1.29 is 9.59 Å². The van der Waals surface area contributed by atoms with Crippen molar-refractivity contribution >= 4 is 17.6 Å². The molecule has 144 valence electrons. The maximum atomic E-state index is 13.0. The highest BCUT2D eigenvalue weighted by molar-refractivity contribution is 5.87. The summed E-state index contributed by atoms with van der Waals surface area (Å²) < 4.78 is 0. The normalized spacial score (nSPS) is 15.5. The Bertz CT molecular complexity index is 798. The molecule has 3 rings (SSSR count). The molecule has 1 fully saturated rings. The van der Waals surface area contributed by atoms with Crippen molar-refractivity contribution in [3.8, 4) is 0 Å². The van der Waals surface area contributed by atoms with E-state index in [1.54, 1.807) is 23.6 Å². The molecule has 9 nitrogen and oxygen atoms in total. The van der Waals surface area contributed by atoms with Gasteiger partial charge in [-0.05, 0) is 13.8 Å². The number of aromatic amines is 1. The van der Waals surface area contributed by atoms with Gasteiger partial charge in [-0.2, -0.15) is 0 Å². The van der Waals surface area contributed by atoms with Gasteiger partial charge in [-0.25, -0.2) is 9.97 Å². The Hall–Kier alpha value is -2.97. The van der Waals surface area contributed by atoms with Crippen molar-refractivity contribution in [3.05, 3.63) is 35.8 Å². The topological polar surface area (TPSA) is 107 Å². The van der Waals surface area contributed by atoms with E-state index in [0.29, 0.717) is 32.6 Å². The number of hydrogen-bond acceptors (Lipinski definition) is 6. The Morgan fingerprint density at radius 2 is 1.96 bits per heavy atom. The third-order valence-electron chi connectivity index (χ3n) is 4.60. The first-order valence-electron chi connectivity index (χ1n) is 9.02. The van der Waals surface area contributed by atoms with Crippen LogP contribution in [0.3, 0.4) is 0 Å². The van der Waals surface area contributed by atoms with Crippen LogP contribution in [0, 0.1) is 13.8 Å². The molecule has 0 spiro atoms. The van der Waals surface area contributed by atoms with Gasteiger partial charge < -0.3 is 20.1 Å². The summed E-state index contributed by atoms with van der Waals surface area (Å²) in [6, 6.07) is -0.602. The standard InChI is InChI=1S/C18H25N7O2/c1-12-9-20-13(2)17(22-12)24-4-6-25(7-5-24)18(27)16(23-14(3)26)8-15-10-19-11-21-15/h9-11,16H,4-8H2,1-3H3,(H,19,21)(H,23,26)/t16-/m0/s1. The zero-order valence-electron chi connectivity index (χ0n) is 15.9. The summed E-state index contributed by atoms with van der Waals surface area (Å²) in [5, 5.41) is 2.76. The van der Waals surface area contributed by atoms with E-state index in [0.717, 1.165) is 22.9 Å². The number of anilines is 1. The molecule has 0 radical (unpaired) electrons. The Morgan fingerprint density at radius 3 is 2.59 bits per heavy atom. The number of nitrogens with one attached hydrogen (secondary N) is 2. The molecule has 2 amide bonds. The lowest BCUT2D eigenvalue weighted by Gasteiger charge is -2.37. The Kier molecular flexibility index (Phi) is 5.68. The first-order chi connectivity index (χ1) is 12.9. The maximum Gasteiger partial charge on any atom is 0.245 e. The molecule has 2 N–H and O–H groups in total. The first-order valence-corrected chi connectivity index (χ1v) is 9.02. The zero-order valence-corrected chi connectivity index (χ0v) is 15.9. The predicted molar refractivity (Wildman–Crippen MR) is 100 cm³/mol. The molecule has 1 atom stereocenters. The van der Waals surface area contributed by atoms with Gasteiger partial charge in [-0.3, -0.25) is 14.6 Å². The number of hydrogen-bond donors (Lipinski definition) is 2. The molecular weight excluding hydrogens is 346 g/mol. The van der Waals surface area contributed by atoms with E-state index < -0.39 is 6.04 Å². The van der Waals surface area contributed by atoms with E-state index in [2.05, 4.69) is 30.2 Å². The number of carbonyl (C=O) groups excluding carboxylic acids is 2. The molecule has 1 saturated heterocycles. The van der Waals surface area contributed by atoms with E-state index in [-0.39, 0.29) is 11.8 Å². The third kappa shape index (κ3) is 4.60. The van der Waals surface area contributed by atoms with Crippen LogP contribution in [-0.4, -0.2) is 68.9 Å². The number of nitrogens with zero attached hydrogens (tertiary/aromatic N) is 5. The quantitative estimate of drug-likeness (QED) is 0.778. The van der Waals surface area contributed by atoms with Crippen LogP contribution in [0.25, 0.3) is 0 Å². The molecule has 0 saturated carbocycles. The summed E-state index contributed by atoms with van der Waals surface area (Å²) >= 11 is 0. The molecule has 3 heterocycles. The molecule has 2 aromatic rings. The van der Waals surface area contributed by atoms with Gasteiger partial charge in [0.2, 0.25) is 11.8 Å². The lowest BCUT2D eigenvalue weighted by atomic mass is 10.1. The molecule has 0 bridgehead atoms. The summed E-state index contributed by atoms with van der Waals surface area (Å²) in [4.78, 5) is 44.4. The van der Waals surface area contributed by atoms with E-state index >= 15 is 0 Å². The highest BCUT2D eigenvalue weighted by atomic mass is 16.2. The van der Waals surface area contributed by atoms with Crippen LogP contribution in [0.4, 0.5) is 5.82 Å². The minimum absolute atomic E-state index is 0.0773. The smallest absolute Gasteiger partial charge is 0.245 e. The second kappa shape index (κ2) is 8.15. The number of aromatic nitrogens is 4. The summed E-state index contributed by atoms with van der Waals surface area (Å²) in [5.41, 5.74) is 2.57. The van der Waals surface area contributed by atoms with Gasteiger partial charge in [0, 0.05) is 57.6 Å². The molecule has 1 aliphatic rings. The summed E-state index contributed by atoms with van der Waals surface area (Å²) in [6.45, 7) is 7.80. The van der Waals surface area contributed by atoms with Crippen molar-refractivity contribution in [1.29, 1.82) is 0 Å². The Balaban J connectivity index is 1.65. The van der Waals surface area contributed by atoms with Gasteiger partial charge in [0.15, 0.2) is 0 Å². The third-order valence-corrected chi connectivity index (χ3v) is 4.60. The van der Waals surface area contributed by atoms with Gasteiger partial charge >= 0.3 is 0 Å². The van der Waals surface area contributed by atoms with E-state index in [1.807, 2.05) is 13.8 Å². The predicted octanol–water partition coefficient (Wildman–Crippen LogP) is 0.213. The minimum Gasteiger partial charge on any atom is -0.352 e. The van der Waals surface area contributed by atoms with E-state index in [1.165, 1.54) is 6.92 Å². The molecule has 27 heavy (non-hydrogen) atoms. The van der Waals surface area contributed by atoms with Gasteiger partial charge in [-0.15, -0.1) is 0 Å². The number of rotatable bonds is 5. The first kappa shape index (κ1) is 18.8. The van der Waals surface area contributed by atoms with Crippen LogP contribution in [0.15, 0.2) is 18.7 Å². The second-order valence-corrected chi connectivity index (χ2v) is 6.77. The molecule has 0 aliphatic carbocycles. The molecule has 2 aromatic heterocycles. The van der Waals surface area contributed by atoms with Crippen LogP contribution in [0.2, 0.25) is 0 Å². The van der Waals surface area contributed by atoms with Crippen molar-refractivity contribution in [1.82, 2.24) is 30.2 Å². The molecule has 0 aromatic carbocycles. The number of imidazole rings is 1. The second-order valence-electron chi connectivity index (χ2n) is 6.77. The fraction of sp³-hybridized carbons (Fsp3) is 0.500. The van der Waals surface area contributed by atoms with Gasteiger partial charge in [-0.1, -0.05) is 0 Å². The van der Waals surface area contributed by atoms with Crippen molar-refractivity contribution in [2.45, 2.75) is 33.2 Å². The Morgan fingerprint density at radius 1 is 1.22 bits per heavy atom. The molecule has 0 unspecified atom stereocenters. The number of piperazine rings is 1. The average molecular weight is 371 g/mol. The average Bonchev–Trinajstić information content (AvgIpc) is 3.15. The van der Waals surface area contributed by atoms with Crippen LogP contribution in [-0.2, 0) is 16.0 Å². The highest BCUT2D eigenvalue weighted by Crippen LogP contribution is 2.18. The molecule has 1 aliphatic heterocycles. The Labute approximate surface area is 158 Å². The highest BCUT2D eigenvalue weighted by Gasteiger charge is 2.29. The fourth-order valence-corrected chi connectivity index (χ4v) is 3.25. The number of aryl methyl sites for hydroxylation is 2. The van der Waals surface area contributed by atoms with Crippen molar-refractivity contribution in [2.24, 2.45) is 0 Å².